The van der Waals surface area contributed by atoms with Crippen molar-refractivity contribution in [3.05, 3.63) is 24.3 Å². The lowest BCUT2D eigenvalue weighted by Crippen LogP contribution is -2.36. The monoisotopic (exact) mass is 512 g/mol. The van der Waals surface area contributed by atoms with Crippen molar-refractivity contribution in [2.75, 3.05) is 13.1 Å². The molecule has 0 aliphatic heterocycles. The molecule has 2 unspecified atom stereocenters. The highest BCUT2D eigenvalue weighted by molar-refractivity contribution is 5.92. The molecule has 0 aromatic rings. The average Bonchev–Trinajstić information content (AvgIpc) is 2.78. The van der Waals surface area contributed by atoms with E-state index in [-0.39, 0.29) is 24.9 Å². The first kappa shape index (κ1) is 32.3. The van der Waals surface area contributed by atoms with Crippen molar-refractivity contribution < 1.29 is 47.7 Å². The summed E-state index contributed by atoms with van der Waals surface area (Å²) >= 11 is 0. The molecule has 0 aliphatic rings. The van der Waals surface area contributed by atoms with Gasteiger partial charge in [0.2, 0.25) is 11.8 Å². The van der Waals surface area contributed by atoms with Gasteiger partial charge in [-0.2, -0.15) is 0 Å². The van der Waals surface area contributed by atoms with Gasteiger partial charge in [0, 0.05) is 11.1 Å². The lowest BCUT2D eigenvalue weighted by Gasteiger charge is -2.18. The third-order valence-electron chi connectivity index (χ3n) is 4.32. The highest BCUT2D eigenvalue weighted by Crippen LogP contribution is 2.06. The Kier molecular flexibility index (Phi) is 14.4. The van der Waals surface area contributed by atoms with Gasteiger partial charge in [-0.25, -0.2) is 9.59 Å². The minimum absolute atomic E-state index is 0.0481. The highest BCUT2D eigenvalue weighted by Gasteiger charge is 2.24. The number of carbonyl (C=O) groups excluding carboxylic acids is 6. The second-order valence-corrected chi connectivity index (χ2v) is 8.24. The molecule has 0 rings (SSSR count). The fourth-order valence-electron chi connectivity index (χ4n) is 2.26. The van der Waals surface area contributed by atoms with Gasteiger partial charge in [-0.3, -0.25) is 19.2 Å². The van der Waals surface area contributed by atoms with Crippen LogP contribution in [-0.2, 0) is 47.7 Å². The summed E-state index contributed by atoms with van der Waals surface area (Å²) in [4.78, 5) is 70.9. The lowest BCUT2D eigenvalue weighted by molar-refractivity contribution is -0.172. The van der Waals surface area contributed by atoms with Gasteiger partial charge in [0.25, 0.3) is 0 Å². The van der Waals surface area contributed by atoms with Gasteiger partial charge >= 0.3 is 23.9 Å². The fourth-order valence-corrected chi connectivity index (χ4v) is 2.26. The minimum Gasteiger partial charge on any atom is -0.458 e. The Bertz CT molecular complexity index is 797. The summed E-state index contributed by atoms with van der Waals surface area (Å²) in [6, 6.07) is 0. The second kappa shape index (κ2) is 16.1. The lowest BCUT2D eigenvalue weighted by atomic mass is 10.3. The van der Waals surface area contributed by atoms with Gasteiger partial charge in [0.1, 0.15) is 12.2 Å². The topological polar surface area (TPSA) is 163 Å². The smallest absolute Gasteiger partial charge is 0.347 e. The van der Waals surface area contributed by atoms with Gasteiger partial charge in [0.15, 0.2) is 12.2 Å². The van der Waals surface area contributed by atoms with Gasteiger partial charge in [-0.05, 0) is 41.5 Å². The van der Waals surface area contributed by atoms with Crippen molar-refractivity contribution in [3.63, 3.8) is 0 Å². The van der Waals surface area contributed by atoms with Gasteiger partial charge in [-0.1, -0.05) is 13.2 Å². The first-order chi connectivity index (χ1) is 16.6. The molecular weight excluding hydrogens is 476 g/mol. The van der Waals surface area contributed by atoms with E-state index >= 15 is 0 Å². The van der Waals surface area contributed by atoms with Crippen molar-refractivity contribution in [3.8, 4) is 0 Å². The first-order valence-corrected chi connectivity index (χ1v) is 11.3. The van der Waals surface area contributed by atoms with Gasteiger partial charge < -0.3 is 29.6 Å². The van der Waals surface area contributed by atoms with E-state index in [0.29, 0.717) is 11.1 Å². The van der Waals surface area contributed by atoms with Crippen LogP contribution in [0.2, 0.25) is 0 Å². The van der Waals surface area contributed by atoms with Crippen LogP contribution in [0.5, 0.6) is 0 Å². The van der Waals surface area contributed by atoms with Crippen molar-refractivity contribution in [2.24, 2.45) is 0 Å². The zero-order chi connectivity index (χ0) is 28.0. The second-order valence-electron chi connectivity index (χ2n) is 8.24. The van der Waals surface area contributed by atoms with Crippen molar-refractivity contribution in [1.29, 1.82) is 0 Å². The third kappa shape index (κ3) is 13.9. The SMILES string of the molecule is C=C(C)C(=O)NCC(C)OC(=O)[C@H](C)OC(=O)CCC(=O)O[C@@H](C)C(=O)OC(C)CNC(=O)C(=C)C. The number of carbonyl (C=O) groups is 6. The van der Waals surface area contributed by atoms with E-state index in [1.807, 2.05) is 0 Å². The van der Waals surface area contributed by atoms with Crippen molar-refractivity contribution in [1.82, 2.24) is 10.6 Å². The average molecular weight is 513 g/mol. The number of hydrogen-bond donors (Lipinski definition) is 2. The van der Waals surface area contributed by atoms with Gasteiger partial charge in [0.05, 0.1) is 25.9 Å². The molecule has 0 aromatic carbocycles. The van der Waals surface area contributed by atoms with Crippen LogP contribution in [0.1, 0.15) is 54.4 Å². The number of rotatable bonds is 15. The van der Waals surface area contributed by atoms with Gasteiger partial charge in [-0.15, -0.1) is 0 Å². The molecule has 2 amide bonds. The number of nitrogens with one attached hydrogen (secondary N) is 2. The fraction of sp³-hybridized carbons (Fsp3) is 0.583. The molecule has 0 spiro atoms. The maximum Gasteiger partial charge on any atom is 0.347 e. The molecule has 0 aromatic heterocycles. The Labute approximate surface area is 210 Å². The predicted molar refractivity (Wildman–Crippen MR) is 127 cm³/mol. The molecule has 0 heterocycles. The van der Waals surface area contributed by atoms with E-state index in [2.05, 4.69) is 23.8 Å². The van der Waals surface area contributed by atoms with Crippen LogP contribution < -0.4 is 10.6 Å². The quantitative estimate of drug-likeness (QED) is 0.183. The van der Waals surface area contributed by atoms with Crippen LogP contribution in [0.4, 0.5) is 0 Å². The maximum atomic E-state index is 12.0. The number of ether oxygens (including phenoxy) is 4. The molecule has 0 fully saturated rings. The summed E-state index contributed by atoms with van der Waals surface area (Å²) in [7, 11) is 0. The molecule has 0 saturated carbocycles. The molecule has 36 heavy (non-hydrogen) atoms. The van der Waals surface area contributed by atoms with Crippen molar-refractivity contribution in [2.45, 2.75) is 78.8 Å². The Morgan fingerprint density at radius 3 is 1.19 bits per heavy atom. The molecule has 202 valence electrons. The van der Waals surface area contributed by atoms with E-state index in [9.17, 15) is 28.8 Å². The van der Waals surface area contributed by atoms with E-state index in [4.69, 9.17) is 18.9 Å². The molecule has 12 heteroatoms. The third-order valence-corrected chi connectivity index (χ3v) is 4.32. The van der Waals surface area contributed by atoms with E-state index in [1.165, 1.54) is 27.7 Å². The largest absolute Gasteiger partial charge is 0.458 e. The van der Waals surface area contributed by atoms with E-state index in [1.54, 1.807) is 13.8 Å². The Morgan fingerprint density at radius 2 is 0.917 bits per heavy atom. The van der Waals surface area contributed by atoms with Crippen LogP contribution >= 0.6 is 0 Å². The Hall–Kier alpha value is -3.70. The zero-order valence-electron chi connectivity index (χ0n) is 21.6. The summed E-state index contributed by atoms with van der Waals surface area (Å²) in [5.74, 6) is -4.11. The molecule has 4 atom stereocenters. The first-order valence-electron chi connectivity index (χ1n) is 11.3. The van der Waals surface area contributed by atoms with E-state index < -0.39 is 61.1 Å². The van der Waals surface area contributed by atoms with Crippen LogP contribution in [-0.4, -0.2) is 73.2 Å². The summed E-state index contributed by atoms with van der Waals surface area (Å²) in [5.41, 5.74) is 0.610. The molecule has 12 nitrogen and oxygen atoms in total. The summed E-state index contributed by atoms with van der Waals surface area (Å²) < 4.78 is 20.1. The normalized spacial score (nSPS) is 13.6. The number of esters is 4. The Balaban J connectivity index is 4.33. The highest BCUT2D eigenvalue weighted by atomic mass is 16.6. The molecular formula is C24H36N2O10. The maximum absolute atomic E-state index is 12.0. The molecule has 0 saturated heterocycles. The summed E-state index contributed by atoms with van der Waals surface area (Å²) in [6.07, 6.45) is -4.63. The Morgan fingerprint density at radius 1 is 0.611 bits per heavy atom. The number of amides is 2. The summed E-state index contributed by atoms with van der Waals surface area (Å²) in [5, 5.41) is 5.04. The zero-order valence-corrected chi connectivity index (χ0v) is 21.6. The molecule has 2 N–H and O–H groups in total. The van der Waals surface area contributed by atoms with E-state index in [0.717, 1.165) is 0 Å². The minimum atomic E-state index is -1.24. The van der Waals surface area contributed by atoms with Crippen LogP contribution in [0.3, 0.4) is 0 Å². The standard InChI is InChI=1S/C24H36N2O10/c1-13(2)21(29)25-11-15(5)33-23(31)17(7)35-19(27)9-10-20(28)36-18(8)24(32)34-16(6)12-26-22(30)14(3)4/h15-18H,1,3,9-12H2,2,4-8H3,(H,25,29)(H,26,30)/t15?,16?,17-,18-/m0/s1. The van der Waals surface area contributed by atoms with Crippen molar-refractivity contribution >= 4 is 35.7 Å². The predicted octanol–water partition coefficient (Wildman–Crippen LogP) is 0.878. The molecule has 0 aliphatic carbocycles. The number of hydrogen-bond acceptors (Lipinski definition) is 10. The van der Waals surface area contributed by atoms with Crippen LogP contribution in [0, 0.1) is 0 Å². The molecule has 0 bridgehead atoms. The summed E-state index contributed by atoms with van der Waals surface area (Å²) in [6.45, 7) is 15.8. The van der Waals surface area contributed by atoms with Crippen LogP contribution in [0.15, 0.2) is 24.3 Å². The van der Waals surface area contributed by atoms with Crippen LogP contribution in [0.25, 0.3) is 0 Å². The molecule has 0 radical (unpaired) electrons.